The monoisotopic (exact) mass is 497 g/mol. The molecule has 0 aliphatic heterocycles. The van der Waals surface area contributed by atoms with Gasteiger partial charge in [0, 0.05) is 18.3 Å². The Bertz CT molecular complexity index is 781. The van der Waals surface area contributed by atoms with Crippen LogP contribution in [0.4, 0.5) is 0 Å². The molecule has 0 bridgehead atoms. The zero-order valence-electron chi connectivity index (χ0n) is 17.0. The van der Waals surface area contributed by atoms with Crippen LogP contribution in [0.1, 0.15) is 49.6 Å². The summed E-state index contributed by atoms with van der Waals surface area (Å²) >= 11 is 0. The second-order valence-electron chi connectivity index (χ2n) is 7.31. The van der Waals surface area contributed by atoms with Crippen molar-refractivity contribution < 1.29 is 5.11 Å². The minimum Gasteiger partial charge on any atom is -0.393 e. The van der Waals surface area contributed by atoms with Crippen LogP contribution >= 0.6 is 24.0 Å². The third-order valence-corrected chi connectivity index (χ3v) is 5.02. The van der Waals surface area contributed by atoms with Crippen molar-refractivity contribution in [3.63, 3.8) is 0 Å². The van der Waals surface area contributed by atoms with E-state index >= 15 is 0 Å². The molecule has 3 rings (SSSR count). The van der Waals surface area contributed by atoms with Crippen molar-refractivity contribution >= 4 is 29.9 Å². The number of nitrogens with zero attached hydrogens (tertiary/aromatic N) is 3. The summed E-state index contributed by atoms with van der Waals surface area (Å²) < 4.78 is 1.99. The van der Waals surface area contributed by atoms with Crippen molar-refractivity contribution in [3.05, 3.63) is 47.3 Å². The van der Waals surface area contributed by atoms with Crippen molar-refractivity contribution in [3.8, 4) is 5.69 Å². The molecule has 6 nitrogen and oxygen atoms in total. The maximum Gasteiger partial charge on any atom is 0.191 e. The van der Waals surface area contributed by atoms with E-state index in [-0.39, 0.29) is 30.1 Å². The molecule has 0 amide bonds. The van der Waals surface area contributed by atoms with Gasteiger partial charge in [-0.05, 0) is 64.2 Å². The Balaban J connectivity index is 0.00000280. The lowest BCUT2D eigenvalue weighted by atomic mass is 9.93. The number of aliphatic hydroxyl groups excluding tert-OH is 1. The van der Waals surface area contributed by atoms with E-state index in [9.17, 15) is 5.11 Å². The number of aromatic nitrogens is 2. The van der Waals surface area contributed by atoms with Gasteiger partial charge >= 0.3 is 0 Å². The summed E-state index contributed by atoms with van der Waals surface area (Å²) in [7, 11) is 0. The Morgan fingerprint density at radius 3 is 2.57 bits per heavy atom. The molecule has 0 atom stereocenters. The van der Waals surface area contributed by atoms with Gasteiger partial charge in [-0.3, -0.25) is 0 Å². The minimum atomic E-state index is -0.143. The Morgan fingerprint density at radius 2 is 1.93 bits per heavy atom. The first kappa shape index (κ1) is 22.7. The van der Waals surface area contributed by atoms with Gasteiger partial charge in [0.25, 0.3) is 0 Å². The van der Waals surface area contributed by atoms with Gasteiger partial charge in [0.05, 0.1) is 24.0 Å². The molecule has 1 aromatic carbocycles. The molecule has 1 fully saturated rings. The Kier molecular flexibility index (Phi) is 8.75. The average Bonchev–Trinajstić information content (AvgIpc) is 3.00. The molecule has 0 spiro atoms. The molecule has 28 heavy (non-hydrogen) atoms. The molecule has 1 heterocycles. The van der Waals surface area contributed by atoms with Crippen LogP contribution in [0.3, 0.4) is 0 Å². The summed E-state index contributed by atoms with van der Waals surface area (Å²) in [5.41, 5.74) is 4.35. The fraction of sp³-hybridized carbons (Fsp3) is 0.524. The standard InChI is InChI=1S/C21H31N5O.HI/c1-4-22-21(24-18-9-11-19(27)12-10-18)23-14-17-7-5-6-8-20(17)26-16(3)13-15(2)25-26;/h5-8,13,18-19,27H,4,9-12,14H2,1-3H3,(H2,22,23,24);1H. The van der Waals surface area contributed by atoms with Crippen LogP contribution in [0.15, 0.2) is 35.3 Å². The maximum atomic E-state index is 9.70. The minimum absolute atomic E-state index is 0. The number of benzene rings is 1. The van der Waals surface area contributed by atoms with Crippen LogP contribution in [0.5, 0.6) is 0 Å². The average molecular weight is 497 g/mol. The molecule has 1 aliphatic carbocycles. The maximum absolute atomic E-state index is 9.70. The summed E-state index contributed by atoms with van der Waals surface area (Å²) in [5, 5.41) is 21.2. The van der Waals surface area contributed by atoms with Gasteiger partial charge in [0.1, 0.15) is 0 Å². The first-order valence-electron chi connectivity index (χ1n) is 9.91. The van der Waals surface area contributed by atoms with Crippen LogP contribution in [-0.4, -0.2) is 39.5 Å². The van der Waals surface area contributed by atoms with E-state index in [0.29, 0.717) is 12.6 Å². The highest BCUT2D eigenvalue weighted by molar-refractivity contribution is 14.0. The van der Waals surface area contributed by atoms with Crippen molar-refractivity contribution in [1.82, 2.24) is 20.4 Å². The highest BCUT2D eigenvalue weighted by Crippen LogP contribution is 2.19. The highest BCUT2D eigenvalue weighted by Gasteiger charge is 2.20. The second-order valence-corrected chi connectivity index (χ2v) is 7.31. The lowest BCUT2D eigenvalue weighted by Crippen LogP contribution is -2.45. The van der Waals surface area contributed by atoms with Crippen LogP contribution in [-0.2, 0) is 6.54 Å². The van der Waals surface area contributed by atoms with Gasteiger partial charge in [-0.15, -0.1) is 24.0 Å². The molecule has 0 unspecified atom stereocenters. The fourth-order valence-corrected chi connectivity index (χ4v) is 3.62. The Labute approximate surface area is 184 Å². The van der Waals surface area contributed by atoms with Crippen molar-refractivity contribution in [2.24, 2.45) is 4.99 Å². The SMILES string of the molecule is CCNC(=NCc1ccccc1-n1nc(C)cc1C)NC1CCC(O)CC1.I. The molecule has 1 saturated carbocycles. The van der Waals surface area contributed by atoms with Crippen molar-refractivity contribution in [2.45, 2.75) is 65.1 Å². The largest absolute Gasteiger partial charge is 0.393 e. The summed E-state index contributed by atoms with van der Waals surface area (Å²) in [6.45, 7) is 7.56. The van der Waals surface area contributed by atoms with E-state index < -0.39 is 0 Å². The lowest BCUT2D eigenvalue weighted by molar-refractivity contribution is 0.120. The third kappa shape index (κ3) is 5.94. The van der Waals surface area contributed by atoms with Gasteiger partial charge in [-0.25, -0.2) is 9.67 Å². The molecule has 1 aliphatic rings. The zero-order chi connectivity index (χ0) is 19.2. The number of aliphatic imine (C=N–C) groups is 1. The van der Waals surface area contributed by atoms with Crippen LogP contribution in [0.25, 0.3) is 5.69 Å². The van der Waals surface area contributed by atoms with E-state index in [1.807, 2.05) is 23.7 Å². The molecule has 2 aromatic rings. The predicted molar refractivity (Wildman–Crippen MR) is 125 cm³/mol. The molecule has 1 aromatic heterocycles. The molecule has 7 heteroatoms. The molecular formula is C21H32IN5O. The molecule has 0 saturated heterocycles. The molecule has 154 valence electrons. The highest BCUT2D eigenvalue weighted by atomic mass is 127. The van der Waals surface area contributed by atoms with Crippen LogP contribution < -0.4 is 10.6 Å². The predicted octanol–water partition coefficient (Wildman–Crippen LogP) is 3.47. The number of hydrogen-bond donors (Lipinski definition) is 3. The zero-order valence-corrected chi connectivity index (χ0v) is 19.3. The summed E-state index contributed by atoms with van der Waals surface area (Å²) in [6, 6.07) is 10.7. The summed E-state index contributed by atoms with van der Waals surface area (Å²) in [4.78, 5) is 4.81. The van der Waals surface area contributed by atoms with Gasteiger partial charge in [0.15, 0.2) is 5.96 Å². The third-order valence-electron chi connectivity index (χ3n) is 5.02. The quantitative estimate of drug-likeness (QED) is 0.336. The number of aliphatic hydroxyl groups is 1. The van der Waals surface area contributed by atoms with Crippen molar-refractivity contribution in [1.29, 1.82) is 0 Å². The number of hydrogen-bond acceptors (Lipinski definition) is 3. The van der Waals surface area contributed by atoms with E-state index in [1.165, 1.54) is 0 Å². The second kappa shape index (κ2) is 10.8. The van der Waals surface area contributed by atoms with Gasteiger partial charge in [-0.1, -0.05) is 18.2 Å². The van der Waals surface area contributed by atoms with E-state index in [2.05, 4.69) is 47.8 Å². The normalized spacial score (nSPS) is 19.8. The first-order chi connectivity index (χ1) is 13.1. The molecular weight excluding hydrogens is 465 g/mol. The van der Waals surface area contributed by atoms with Crippen LogP contribution in [0, 0.1) is 13.8 Å². The van der Waals surface area contributed by atoms with E-state index in [4.69, 9.17) is 4.99 Å². The Hall–Kier alpha value is -1.61. The lowest BCUT2D eigenvalue weighted by Gasteiger charge is -2.27. The van der Waals surface area contributed by atoms with E-state index in [0.717, 1.165) is 60.8 Å². The number of aryl methyl sites for hydroxylation is 2. The number of guanidine groups is 1. The number of halogens is 1. The van der Waals surface area contributed by atoms with Gasteiger partial charge in [0.2, 0.25) is 0 Å². The first-order valence-corrected chi connectivity index (χ1v) is 9.91. The fourth-order valence-electron chi connectivity index (χ4n) is 3.62. The van der Waals surface area contributed by atoms with Crippen LogP contribution in [0.2, 0.25) is 0 Å². The van der Waals surface area contributed by atoms with Crippen molar-refractivity contribution in [2.75, 3.05) is 6.54 Å². The van der Waals surface area contributed by atoms with E-state index in [1.54, 1.807) is 0 Å². The number of rotatable bonds is 5. The topological polar surface area (TPSA) is 74.5 Å². The molecule has 0 radical (unpaired) electrons. The summed E-state index contributed by atoms with van der Waals surface area (Å²) in [5.74, 6) is 0.835. The number of para-hydroxylation sites is 1. The Morgan fingerprint density at radius 1 is 1.21 bits per heavy atom. The summed E-state index contributed by atoms with van der Waals surface area (Å²) in [6.07, 6.45) is 3.53. The van der Waals surface area contributed by atoms with Gasteiger partial charge in [-0.2, -0.15) is 5.10 Å². The number of nitrogens with one attached hydrogen (secondary N) is 2. The smallest absolute Gasteiger partial charge is 0.191 e. The van der Waals surface area contributed by atoms with Gasteiger partial charge < -0.3 is 15.7 Å². The molecule has 3 N–H and O–H groups in total.